The van der Waals surface area contributed by atoms with E-state index < -0.39 is 0 Å². The molecular weight excluding hydrogens is 244 g/mol. The average Bonchev–Trinajstić information content (AvgIpc) is 2.92. The second kappa shape index (κ2) is 7.26. The third-order valence-electron chi connectivity index (χ3n) is 5.80. The van der Waals surface area contributed by atoms with Gasteiger partial charge >= 0.3 is 0 Å². The smallest absolute Gasteiger partial charge is 0.0107 e. The first-order chi connectivity index (χ1) is 9.47. The molecule has 1 N–H and O–H groups in total. The number of hydrogen-bond acceptors (Lipinski definition) is 2. The lowest BCUT2D eigenvalue weighted by molar-refractivity contribution is 0.157. The van der Waals surface area contributed by atoms with Gasteiger partial charge in [-0.05, 0) is 56.9 Å². The summed E-state index contributed by atoms with van der Waals surface area (Å²) in [5.74, 6) is 0.932. The standard InChI is InChI=1S/C18H36N2/c1-18(2,3)15-9-11-16(12-10-15)19-13-14-20(4)17-7-5-6-8-17/h15-17,19H,5-14H2,1-4H3. The minimum absolute atomic E-state index is 0.508. The van der Waals surface area contributed by atoms with Crippen LogP contribution in [0.15, 0.2) is 0 Å². The summed E-state index contributed by atoms with van der Waals surface area (Å²) in [5.41, 5.74) is 0.508. The Bertz CT molecular complexity index is 268. The van der Waals surface area contributed by atoms with Gasteiger partial charge < -0.3 is 10.2 Å². The van der Waals surface area contributed by atoms with Crippen molar-refractivity contribution in [2.75, 3.05) is 20.1 Å². The highest BCUT2D eigenvalue weighted by Crippen LogP contribution is 2.37. The zero-order valence-electron chi connectivity index (χ0n) is 14.3. The van der Waals surface area contributed by atoms with Crippen molar-refractivity contribution < 1.29 is 0 Å². The Labute approximate surface area is 126 Å². The second-order valence-corrected chi connectivity index (χ2v) is 8.29. The molecule has 2 fully saturated rings. The van der Waals surface area contributed by atoms with Crippen molar-refractivity contribution in [1.29, 1.82) is 0 Å². The van der Waals surface area contributed by atoms with Gasteiger partial charge in [0.1, 0.15) is 0 Å². The maximum Gasteiger partial charge on any atom is 0.0107 e. The molecule has 0 atom stereocenters. The zero-order chi connectivity index (χ0) is 14.6. The predicted octanol–water partition coefficient (Wildman–Crippen LogP) is 4.06. The largest absolute Gasteiger partial charge is 0.313 e. The van der Waals surface area contributed by atoms with E-state index in [9.17, 15) is 0 Å². The Morgan fingerprint density at radius 3 is 2.10 bits per heavy atom. The lowest BCUT2D eigenvalue weighted by Gasteiger charge is -2.37. The monoisotopic (exact) mass is 280 g/mol. The van der Waals surface area contributed by atoms with Gasteiger partial charge in [-0.3, -0.25) is 0 Å². The molecule has 0 aliphatic heterocycles. The van der Waals surface area contributed by atoms with Crippen LogP contribution in [0, 0.1) is 11.3 Å². The van der Waals surface area contributed by atoms with Crippen molar-refractivity contribution >= 4 is 0 Å². The molecule has 2 aliphatic rings. The summed E-state index contributed by atoms with van der Waals surface area (Å²) >= 11 is 0. The van der Waals surface area contributed by atoms with Crippen molar-refractivity contribution in [3.8, 4) is 0 Å². The highest BCUT2D eigenvalue weighted by atomic mass is 15.1. The number of nitrogens with zero attached hydrogens (tertiary/aromatic N) is 1. The first-order valence-corrected chi connectivity index (χ1v) is 8.90. The lowest BCUT2D eigenvalue weighted by Crippen LogP contribution is -2.41. The molecule has 0 aromatic rings. The van der Waals surface area contributed by atoms with Crippen LogP contribution in [0.5, 0.6) is 0 Å². The fourth-order valence-electron chi connectivity index (χ4n) is 4.14. The van der Waals surface area contributed by atoms with Crippen molar-refractivity contribution in [2.45, 2.75) is 84.2 Å². The molecule has 2 heteroatoms. The van der Waals surface area contributed by atoms with Crippen LogP contribution in [0.1, 0.15) is 72.1 Å². The number of likely N-dealkylation sites (N-methyl/N-ethyl adjacent to an activating group) is 1. The molecule has 2 nitrogen and oxygen atoms in total. The van der Waals surface area contributed by atoms with Crippen LogP contribution in [0.25, 0.3) is 0 Å². The summed E-state index contributed by atoms with van der Waals surface area (Å²) in [6.45, 7) is 9.62. The quantitative estimate of drug-likeness (QED) is 0.817. The average molecular weight is 280 g/mol. The van der Waals surface area contributed by atoms with Crippen molar-refractivity contribution in [2.24, 2.45) is 11.3 Å². The van der Waals surface area contributed by atoms with Gasteiger partial charge in [0.25, 0.3) is 0 Å². The van der Waals surface area contributed by atoms with Crippen LogP contribution in [-0.4, -0.2) is 37.1 Å². The van der Waals surface area contributed by atoms with E-state index in [1.54, 1.807) is 0 Å². The normalized spacial score (nSPS) is 29.2. The summed E-state index contributed by atoms with van der Waals surface area (Å²) in [6, 6.07) is 1.65. The van der Waals surface area contributed by atoms with Gasteiger partial charge in [0.05, 0.1) is 0 Å². The van der Waals surface area contributed by atoms with E-state index >= 15 is 0 Å². The Morgan fingerprint density at radius 2 is 1.55 bits per heavy atom. The molecule has 0 spiro atoms. The van der Waals surface area contributed by atoms with E-state index in [-0.39, 0.29) is 0 Å². The van der Waals surface area contributed by atoms with Gasteiger partial charge in [0.2, 0.25) is 0 Å². The Morgan fingerprint density at radius 1 is 0.950 bits per heavy atom. The Kier molecular flexibility index (Phi) is 5.92. The van der Waals surface area contributed by atoms with Crippen LogP contribution >= 0.6 is 0 Å². The molecule has 0 saturated heterocycles. The number of hydrogen-bond donors (Lipinski definition) is 1. The molecule has 0 bridgehead atoms. The van der Waals surface area contributed by atoms with Gasteiger partial charge in [-0.15, -0.1) is 0 Å². The van der Waals surface area contributed by atoms with Crippen molar-refractivity contribution in [3.05, 3.63) is 0 Å². The van der Waals surface area contributed by atoms with Crippen LogP contribution in [0.3, 0.4) is 0 Å². The van der Waals surface area contributed by atoms with Crippen molar-refractivity contribution in [1.82, 2.24) is 10.2 Å². The van der Waals surface area contributed by atoms with E-state index in [0.717, 1.165) is 18.0 Å². The topological polar surface area (TPSA) is 15.3 Å². The number of rotatable bonds is 5. The molecular formula is C18H36N2. The van der Waals surface area contributed by atoms with E-state index in [0.29, 0.717) is 5.41 Å². The molecule has 0 heterocycles. The fourth-order valence-corrected chi connectivity index (χ4v) is 4.14. The van der Waals surface area contributed by atoms with Crippen LogP contribution in [0.4, 0.5) is 0 Å². The van der Waals surface area contributed by atoms with E-state index in [1.165, 1.54) is 64.5 Å². The molecule has 118 valence electrons. The third-order valence-corrected chi connectivity index (χ3v) is 5.80. The minimum atomic E-state index is 0.508. The Hall–Kier alpha value is -0.0800. The maximum absolute atomic E-state index is 3.81. The van der Waals surface area contributed by atoms with Gasteiger partial charge in [0.15, 0.2) is 0 Å². The summed E-state index contributed by atoms with van der Waals surface area (Å²) in [6.07, 6.45) is 11.3. The van der Waals surface area contributed by atoms with E-state index in [2.05, 4.69) is 38.0 Å². The fraction of sp³-hybridized carbons (Fsp3) is 1.00. The molecule has 0 aromatic heterocycles. The van der Waals surface area contributed by atoms with Crippen LogP contribution < -0.4 is 5.32 Å². The van der Waals surface area contributed by atoms with Crippen LogP contribution in [-0.2, 0) is 0 Å². The highest BCUT2D eigenvalue weighted by molar-refractivity contribution is 4.83. The van der Waals surface area contributed by atoms with Crippen LogP contribution in [0.2, 0.25) is 0 Å². The van der Waals surface area contributed by atoms with E-state index in [4.69, 9.17) is 0 Å². The highest BCUT2D eigenvalue weighted by Gasteiger charge is 2.29. The molecule has 0 radical (unpaired) electrons. The predicted molar refractivity (Wildman–Crippen MR) is 88.1 cm³/mol. The van der Waals surface area contributed by atoms with E-state index in [1.807, 2.05) is 0 Å². The summed E-state index contributed by atoms with van der Waals surface area (Å²) in [5, 5.41) is 3.81. The van der Waals surface area contributed by atoms with Gasteiger partial charge in [-0.2, -0.15) is 0 Å². The molecule has 2 saturated carbocycles. The molecule has 20 heavy (non-hydrogen) atoms. The lowest BCUT2D eigenvalue weighted by atomic mass is 9.71. The molecule has 2 rings (SSSR count). The third kappa shape index (κ3) is 4.73. The zero-order valence-corrected chi connectivity index (χ0v) is 14.3. The SMILES string of the molecule is CN(CCNC1CCC(C(C)(C)C)CC1)C1CCCC1. The molecule has 0 amide bonds. The molecule has 0 unspecified atom stereocenters. The van der Waals surface area contributed by atoms with Gasteiger partial charge in [-0.25, -0.2) is 0 Å². The summed E-state index contributed by atoms with van der Waals surface area (Å²) in [4.78, 5) is 2.58. The van der Waals surface area contributed by atoms with Crippen molar-refractivity contribution in [3.63, 3.8) is 0 Å². The van der Waals surface area contributed by atoms with Gasteiger partial charge in [-0.1, -0.05) is 33.6 Å². The maximum atomic E-state index is 3.81. The second-order valence-electron chi connectivity index (χ2n) is 8.29. The molecule has 2 aliphatic carbocycles. The minimum Gasteiger partial charge on any atom is -0.313 e. The molecule has 0 aromatic carbocycles. The summed E-state index contributed by atoms with van der Waals surface area (Å²) in [7, 11) is 2.31. The number of nitrogens with one attached hydrogen (secondary N) is 1. The summed E-state index contributed by atoms with van der Waals surface area (Å²) < 4.78 is 0. The Balaban J connectivity index is 1.59. The van der Waals surface area contributed by atoms with Gasteiger partial charge in [0, 0.05) is 25.2 Å². The first-order valence-electron chi connectivity index (χ1n) is 8.90. The first kappa shape index (κ1) is 16.3.